The maximum absolute atomic E-state index is 12.6. The standard InChI is InChI=1S/C12H9FO2S/c13-11-3-1-9(2-4-11)7-15-12(14)10-5-6-16-8-10/h1-6,8H,7H2. The summed E-state index contributed by atoms with van der Waals surface area (Å²) in [7, 11) is 0. The minimum Gasteiger partial charge on any atom is -0.457 e. The lowest BCUT2D eigenvalue weighted by Gasteiger charge is -2.03. The van der Waals surface area contributed by atoms with Crippen LogP contribution in [0.25, 0.3) is 0 Å². The van der Waals surface area contributed by atoms with Crippen LogP contribution in [-0.4, -0.2) is 5.97 Å². The van der Waals surface area contributed by atoms with Crippen LogP contribution in [0.1, 0.15) is 15.9 Å². The average molecular weight is 236 g/mol. The van der Waals surface area contributed by atoms with Gasteiger partial charge in [0.05, 0.1) is 5.56 Å². The normalized spacial score (nSPS) is 10.1. The number of thiophene rings is 1. The van der Waals surface area contributed by atoms with Gasteiger partial charge in [0, 0.05) is 5.38 Å². The number of carbonyl (C=O) groups excluding carboxylic acids is 1. The Labute approximate surface area is 96.3 Å². The number of hydrogen-bond donors (Lipinski definition) is 0. The van der Waals surface area contributed by atoms with Gasteiger partial charge in [-0.15, -0.1) is 0 Å². The van der Waals surface area contributed by atoms with Crippen molar-refractivity contribution < 1.29 is 13.9 Å². The van der Waals surface area contributed by atoms with Gasteiger partial charge in [-0.1, -0.05) is 12.1 Å². The van der Waals surface area contributed by atoms with Crippen LogP contribution in [-0.2, 0) is 11.3 Å². The molecule has 0 radical (unpaired) electrons. The van der Waals surface area contributed by atoms with Gasteiger partial charge in [-0.3, -0.25) is 0 Å². The van der Waals surface area contributed by atoms with E-state index in [1.165, 1.54) is 23.5 Å². The second-order valence-corrected chi connectivity index (χ2v) is 3.99. The summed E-state index contributed by atoms with van der Waals surface area (Å²) in [5.74, 6) is -0.654. The number of benzene rings is 1. The van der Waals surface area contributed by atoms with Gasteiger partial charge < -0.3 is 4.74 Å². The molecule has 0 aliphatic carbocycles. The lowest BCUT2D eigenvalue weighted by atomic mass is 10.2. The Balaban J connectivity index is 1.93. The van der Waals surface area contributed by atoms with Crippen LogP contribution in [0.3, 0.4) is 0 Å². The van der Waals surface area contributed by atoms with Crippen molar-refractivity contribution in [2.45, 2.75) is 6.61 Å². The Morgan fingerprint density at radius 3 is 2.62 bits per heavy atom. The predicted octanol–water partition coefficient (Wildman–Crippen LogP) is 3.24. The highest BCUT2D eigenvalue weighted by atomic mass is 32.1. The summed E-state index contributed by atoms with van der Waals surface area (Å²) < 4.78 is 17.7. The van der Waals surface area contributed by atoms with Crippen LogP contribution >= 0.6 is 11.3 Å². The smallest absolute Gasteiger partial charge is 0.339 e. The minimum absolute atomic E-state index is 0.162. The highest BCUT2D eigenvalue weighted by molar-refractivity contribution is 7.08. The SMILES string of the molecule is O=C(OCc1ccc(F)cc1)c1ccsc1. The monoisotopic (exact) mass is 236 g/mol. The summed E-state index contributed by atoms with van der Waals surface area (Å²) in [6.07, 6.45) is 0. The molecule has 1 heterocycles. The van der Waals surface area contributed by atoms with Gasteiger partial charge in [0.1, 0.15) is 12.4 Å². The number of carbonyl (C=O) groups is 1. The minimum atomic E-state index is -0.356. The van der Waals surface area contributed by atoms with E-state index in [1.807, 2.05) is 5.38 Å². The third kappa shape index (κ3) is 2.67. The molecule has 2 rings (SSSR count). The molecule has 0 amide bonds. The molecule has 0 aliphatic heterocycles. The summed E-state index contributed by atoms with van der Waals surface area (Å²) in [4.78, 5) is 11.5. The van der Waals surface area contributed by atoms with Crippen molar-refractivity contribution in [1.29, 1.82) is 0 Å². The molecule has 2 aromatic rings. The Morgan fingerprint density at radius 2 is 2.00 bits per heavy atom. The van der Waals surface area contributed by atoms with Crippen molar-refractivity contribution >= 4 is 17.3 Å². The van der Waals surface area contributed by atoms with Crippen molar-refractivity contribution in [1.82, 2.24) is 0 Å². The van der Waals surface area contributed by atoms with E-state index < -0.39 is 0 Å². The molecule has 0 unspecified atom stereocenters. The molecule has 2 nitrogen and oxygen atoms in total. The molecule has 82 valence electrons. The van der Waals surface area contributed by atoms with Gasteiger partial charge >= 0.3 is 5.97 Å². The van der Waals surface area contributed by atoms with E-state index in [-0.39, 0.29) is 18.4 Å². The molecule has 0 saturated heterocycles. The quantitative estimate of drug-likeness (QED) is 0.765. The van der Waals surface area contributed by atoms with E-state index in [4.69, 9.17) is 4.74 Å². The molecule has 1 aromatic heterocycles. The van der Waals surface area contributed by atoms with E-state index in [0.29, 0.717) is 5.56 Å². The maximum atomic E-state index is 12.6. The van der Waals surface area contributed by atoms with E-state index in [2.05, 4.69) is 0 Å². The van der Waals surface area contributed by atoms with Crippen molar-refractivity contribution in [2.75, 3.05) is 0 Å². The van der Waals surface area contributed by atoms with Gasteiger partial charge in [-0.05, 0) is 29.1 Å². The number of esters is 1. The Hall–Kier alpha value is -1.68. The van der Waals surface area contributed by atoms with Crippen molar-refractivity contribution in [3.8, 4) is 0 Å². The van der Waals surface area contributed by atoms with E-state index in [1.54, 1.807) is 23.6 Å². The lowest BCUT2D eigenvalue weighted by Crippen LogP contribution is -2.03. The van der Waals surface area contributed by atoms with Crippen LogP contribution in [0.4, 0.5) is 4.39 Å². The fourth-order valence-corrected chi connectivity index (χ4v) is 1.82. The maximum Gasteiger partial charge on any atom is 0.339 e. The number of ether oxygens (including phenoxy) is 1. The summed E-state index contributed by atoms with van der Waals surface area (Å²) in [6, 6.07) is 7.58. The van der Waals surface area contributed by atoms with Crippen molar-refractivity contribution in [3.05, 3.63) is 58.0 Å². The van der Waals surface area contributed by atoms with E-state index >= 15 is 0 Å². The van der Waals surface area contributed by atoms with Gasteiger partial charge in [-0.25, -0.2) is 9.18 Å². The summed E-state index contributed by atoms with van der Waals surface area (Å²) in [5.41, 5.74) is 1.32. The second kappa shape index (κ2) is 4.90. The highest BCUT2D eigenvalue weighted by Gasteiger charge is 2.06. The number of rotatable bonds is 3. The fourth-order valence-electron chi connectivity index (χ4n) is 1.19. The predicted molar refractivity (Wildman–Crippen MR) is 59.8 cm³/mol. The third-order valence-corrected chi connectivity index (χ3v) is 2.72. The largest absolute Gasteiger partial charge is 0.457 e. The number of halogens is 1. The van der Waals surface area contributed by atoms with Crippen LogP contribution in [0.15, 0.2) is 41.1 Å². The molecule has 0 N–H and O–H groups in total. The Kier molecular flexibility index (Phi) is 3.31. The topological polar surface area (TPSA) is 26.3 Å². The van der Waals surface area contributed by atoms with Crippen LogP contribution in [0.2, 0.25) is 0 Å². The molecular weight excluding hydrogens is 227 g/mol. The molecule has 16 heavy (non-hydrogen) atoms. The first kappa shape index (κ1) is 10.8. The van der Waals surface area contributed by atoms with Gasteiger partial charge in [0.25, 0.3) is 0 Å². The van der Waals surface area contributed by atoms with Crippen LogP contribution < -0.4 is 0 Å². The van der Waals surface area contributed by atoms with Gasteiger partial charge in [0.2, 0.25) is 0 Å². The molecule has 0 aliphatic rings. The first-order valence-corrected chi connectivity index (χ1v) is 5.64. The zero-order chi connectivity index (χ0) is 11.4. The van der Waals surface area contributed by atoms with Crippen LogP contribution in [0.5, 0.6) is 0 Å². The first-order valence-electron chi connectivity index (χ1n) is 4.69. The Bertz CT molecular complexity index is 462. The molecule has 0 atom stereocenters. The fraction of sp³-hybridized carbons (Fsp3) is 0.0833. The average Bonchev–Trinajstić information content (AvgIpc) is 2.81. The molecule has 4 heteroatoms. The zero-order valence-electron chi connectivity index (χ0n) is 8.35. The van der Waals surface area contributed by atoms with Crippen molar-refractivity contribution in [2.24, 2.45) is 0 Å². The molecule has 0 spiro atoms. The third-order valence-electron chi connectivity index (χ3n) is 2.04. The van der Waals surface area contributed by atoms with E-state index in [0.717, 1.165) is 5.56 Å². The Morgan fingerprint density at radius 1 is 1.25 bits per heavy atom. The molecular formula is C12H9FO2S. The number of hydrogen-bond acceptors (Lipinski definition) is 3. The molecule has 0 saturated carbocycles. The summed E-state index contributed by atoms with van der Waals surface area (Å²) in [6.45, 7) is 0.162. The summed E-state index contributed by atoms with van der Waals surface area (Å²) >= 11 is 1.44. The molecule has 0 bridgehead atoms. The van der Waals surface area contributed by atoms with Gasteiger partial charge in [0.15, 0.2) is 0 Å². The van der Waals surface area contributed by atoms with Crippen molar-refractivity contribution in [3.63, 3.8) is 0 Å². The second-order valence-electron chi connectivity index (χ2n) is 3.21. The van der Waals surface area contributed by atoms with Gasteiger partial charge in [-0.2, -0.15) is 11.3 Å². The lowest BCUT2D eigenvalue weighted by molar-refractivity contribution is 0.0473. The zero-order valence-corrected chi connectivity index (χ0v) is 9.17. The summed E-state index contributed by atoms with van der Waals surface area (Å²) in [5, 5.41) is 3.54. The molecule has 1 aromatic carbocycles. The van der Waals surface area contributed by atoms with E-state index in [9.17, 15) is 9.18 Å². The van der Waals surface area contributed by atoms with Crippen LogP contribution in [0, 0.1) is 5.82 Å². The highest BCUT2D eigenvalue weighted by Crippen LogP contribution is 2.10. The first-order chi connectivity index (χ1) is 7.75. The molecule has 0 fully saturated rings.